The Hall–Kier alpha value is -0.750. The minimum Gasteiger partial charge on any atom is -0.461 e. The van der Waals surface area contributed by atoms with Crippen LogP contribution in [-0.4, -0.2) is 35.8 Å². The second kappa shape index (κ2) is 5.37. The second-order valence-corrected chi connectivity index (χ2v) is 3.61. The number of aliphatic hydroxyl groups is 1. The lowest BCUT2D eigenvalue weighted by Gasteiger charge is -2.27. The van der Waals surface area contributed by atoms with Gasteiger partial charge in [0.2, 0.25) is 0 Å². The summed E-state index contributed by atoms with van der Waals surface area (Å²) in [7, 11) is 0. The van der Waals surface area contributed by atoms with Crippen LogP contribution in [-0.2, 0) is 9.53 Å². The molecule has 2 atom stereocenters. The van der Waals surface area contributed by atoms with E-state index in [9.17, 15) is 18.7 Å². The predicted molar refractivity (Wildman–Crippen MR) is 50.4 cm³/mol. The first-order valence-corrected chi connectivity index (χ1v) is 4.73. The highest BCUT2D eigenvalue weighted by molar-refractivity contribution is 5.78. The highest BCUT2D eigenvalue weighted by Gasteiger charge is 2.51. The molecule has 0 aliphatic carbocycles. The molecule has 0 rings (SSSR count). The summed E-state index contributed by atoms with van der Waals surface area (Å²) in [6, 6.07) is -1.18. The molecule has 0 amide bonds. The van der Waals surface area contributed by atoms with Crippen molar-refractivity contribution < 1.29 is 23.4 Å². The standard InChI is InChI=1S/C9H17F2NO3/c1-4-15-8(14)9(10,11)7(13)6(12)5(2)3/h5-7,13H,4,12H2,1-3H3/t6-,7?/m0/s1. The molecule has 0 bridgehead atoms. The van der Waals surface area contributed by atoms with Crippen LogP contribution in [0.5, 0.6) is 0 Å². The maximum absolute atomic E-state index is 13.2. The molecule has 0 aromatic rings. The highest BCUT2D eigenvalue weighted by Crippen LogP contribution is 2.24. The van der Waals surface area contributed by atoms with Crippen LogP contribution in [0.4, 0.5) is 8.78 Å². The van der Waals surface area contributed by atoms with Crippen LogP contribution in [0.15, 0.2) is 0 Å². The van der Waals surface area contributed by atoms with Crippen molar-refractivity contribution in [2.75, 3.05) is 6.61 Å². The molecule has 1 unspecified atom stereocenters. The Morgan fingerprint density at radius 2 is 2.00 bits per heavy atom. The van der Waals surface area contributed by atoms with Gasteiger partial charge in [-0.15, -0.1) is 0 Å². The van der Waals surface area contributed by atoms with Crippen molar-refractivity contribution in [1.29, 1.82) is 0 Å². The van der Waals surface area contributed by atoms with E-state index in [1.165, 1.54) is 6.92 Å². The SMILES string of the molecule is CCOC(=O)C(F)(F)C(O)[C@@H](N)C(C)C. The van der Waals surface area contributed by atoms with Gasteiger partial charge in [-0.3, -0.25) is 0 Å². The molecule has 0 radical (unpaired) electrons. The number of aliphatic hydroxyl groups excluding tert-OH is 1. The van der Waals surface area contributed by atoms with Crippen molar-refractivity contribution in [3.8, 4) is 0 Å². The Morgan fingerprint density at radius 3 is 2.33 bits per heavy atom. The quantitative estimate of drug-likeness (QED) is 0.669. The van der Waals surface area contributed by atoms with E-state index < -0.39 is 24.0 Å². The average molecular weight is 225 g/mol. The van der Waals surface area contributed by atoms with Crippen molar-refractivity contribution in [3.63, 3.8) is 0 Å². The van der Waals surface area contributed by atoms with Crippen LogP contribution in [0.2, 0.25) is 0 Å². The normalized spacial score (nSPS) is 16.3. The summed E-state index contributed by atoms with van der Waals surface area (Å²) in [6.07, 6.45) is -2.23. The van der Waals surface area contributed by atoms with Crippen LogP contribution in [0.25, 0.3) is 0 Å². The Labute approximate surface area is 87.4 Å². The molecule has 0 aliphatic heterocycles. The molecule has 0 spiro atoms. The second-order valence-electron chi connectivity index (χ2n) is 3.61. The van der Waals surface area contributed by atoms with Gasteiger partial charge in [-0.25, -0.2) is 4.79 Å². The molecule has 0 heterocycles. The molecule has 0 saturated carbocycles. The van der Waals surface area contributed by atoms with Gasteiger partial charge in [0.05, 0.1) is 6.61 Å². The Morgan fingerprint density at radius 1 is 1.53 bits per heavy atom. The maximum atomic E-state index is 13.2. The summed E-state index contributed by atoms with van der Waals surface area (Å²) in [5.74, 6) is -6.06. The van der Waals surface area contributed by atoms with Gasteiger partial charge in [0.15, 0.2) is 0 Å². The lowest BCUT2D eigenvalue weighted by molar-refractivity contribution is -0.191. The molecular formula is C9H17F2NO3. The summed E-state index contributed by atoms with van der Waals surface area (Å²) >= 11 is 0. The molecule has 0 fully saturated rings. The van der Waals surface area contributed by atoms with E-state index in [1.807, 2.05) is 0 Å². The number of carbonyl (C=O) groups is 1. The van der Waals surface area contributed by atoms with Crippen LogP contribution in [0.3, 0.4) is 0 Å². The molecule has 15 heavy (non-hydrogen) atoms. The maximum Gasteiger partial charge on any atom is 0.379 e. The van der Waals surface area contributed by atoms with Gasteiger partial charge in [-0.1, -0.05) is 13.8 Å². The van der Waals surface area contributed by atoms with Crippen molar-refractivity contribution in [3.05, 3.63) is 0 Å². The molecule has 6 heteroatoms. The van der Waals surface area contributed by atoms with Crippen molar-refractivity contribution >= 4 is 5.97 Å². The first-order valence-electron chi connectivity index (χ1n) is 4.73. The number of nitrogens with two attached hydrogens (primary N) is 1. The molecule has 0 aliphatic rings. The zero-order valence-corrected chi connectivity index (χ0v) is 9.04. The number of carbonyl (C=O) groups excluding carboxylic acids is 1. The number of hydrogen-bond donors (Lipinski definition) is 2. The number of hydrogen-bond acceptors (Lipinski definition) is 4. The minimum atomic E-state index is -3.96. The Kier molecular flexibility index (Phi) is 5.10. The number of alkyl halides is 2. The number of rotatable bonds is 5. The first kappa shape index (κ1) is 14.2. The van der Waals surface area contributed by atoms with Crippen LogP contribution in [0, 0.1) is 5.92 Å². The van der Waals surface area contributed by atoms with Gasteiger partial charge in [0.1, 0.15) is 6.10 Å². The van der Waals surface area contributed by atoms with E-state index in [-0.39, 0.29) is 12.5 Å². The summed E-state index contributed by atoms with van der Waals surface area (Å²) < 4.78 is 30.6. The smallest absolute Gasteiger partial charge is 0.379 e. The number of ether oxygens (including phenoxy) is 1. The van der Waals surface area contributed by atoms with Gasteiger partial charge >= 0.3 is 11.9 Å². The fourth-order valence-corrected chi connectivity index (χ4v) is 0.954. The Bertz CT molecular complexity index is 221. The Balaban J connectivity index is 4.63. The lowest BCUT2D eigenvalue weighted by atomic mass is 9.95. The van der Waals surface area contributed by atoms with Gasteiger partial charge in [-0.2, -0.15) is 8.78 Å². The van der Waals surface area contributed by atoms with Gasteiger partial charge in [0, 0.05) is 6.04 Å². The van der Waals surface area contributed by atoms with Gasteiger partial charge in [0.25, 0.3) is 0 Å². The largest absolute Gasteiger partial charge is 0.461 e. The van der Waals surface area contributed by atoms with Gasteiger partial charge in [-0.05, 0) is 12.8 Å². The van der Waals surface area contributed by atoms with E-state index in [4.69, 9.17) is 5.73 Å². The average Bonchev–Trinajstić information content (AvgIpc) is 2.15. The van der Waals surface area contributed by atoms with E-state index in [2.05, 4.69) is 4.74 Å². The lowest BCUT2D eigenvalue weighted by Crippen LogP contribution is -2.54. The predicted octanol–water partition coefficient (Wildman–Crippen LogP) is 0.529. The third-order valence-corrected chi connectivity index (χ3v) is 2.05. The molecule has 0 saturated heterocycles. The van der Waals surface area contributed by atoms with Crippen LogP contribution in [0.1, 0.15) is 20.8 Å². The van der Waals surface area contributed by atoms with Gasteiger partial charge < -0.3 is 15.6 Å². The molecular weight excluding hydrogens is 208 g/mol. The summed E-state index contributed by atoms with van der Waals surface area (Å²) in [4.78, 5) is 10.8. The number of halogens is 2. The topological polar surface area (TPSA) is 72.5 Å². The molecule has 4 nitrogen and oxygen atoms in total. The van der Waals surface area contributed by atoms with Crippen molar-refractivity contribution in [2.45, 2.75) is 38.8 Å². The summed E-state index contributed by atoms with van der Waals surface area (Å²) in [6.45, 7) is 4.39. The van der Waals surface area contributed by atoms with Crippen molar-refractivity contribution in [1.82, 2.24) is 0 Å². The molecule has 3 N–H and O–H groups in total. The molecule has 0 aromatic heterocycles. The number of esters is 1. The fraction of sp³-hybridized carbons (Fsp3) is 0.889. The van der Waals surface area contributed by atoms with Crippen molar-refractivity contribution in [2.24, 2.45) is 11.7 Å². The monoisotopic (exact) mass is 225 g/mol. The summed E-state index contributed by atoms with van der Waals surface area (Å²) in [5.41, 5.74) is 5.34. The van der Waals surface area contributed by atoms with E-state index in [0.717, 1.165) is 0 Å². The zero-order chi connectivity index (χ0) is 12.2. The molecule has 0 aromatic carbocycles. The van der Waals surface area contributed by atoms with Crippen LogP contribution < -0.4 is 5.73 Å². The van der Waals surface area contributed by atoms with E-state index in [0.29, 0.717) is 0 Å². The summed E-state index contributed by atoms with van der Waals surface area (Å²) in [5, 5.41) is 9.24. The highest BCUT2D eigenvalue weighted by atomic mass is 19.3. The zero-order valence-electron chi connectivity index (χ0n) is 9.04. The first-order chi connectivity index (χ1) is 6.75. The molecule has 90 valence electrons. The third-order valence-electron chi connectivity index (χ3n) is 2.05. The van der Waals surface area contributed by atoms with E-state index in [1.54, 1.807) is 13.8 Å². The third kappa shape index (κ3) is 3.39. The van der Waals surface area contributed by atoms with Crippen LogP contribution >= 0.6 is 0 Å². The van der Waals surface area contributed by atoms with E-state index >= 15 is 0 Å². The minimum absolute atomic E-state index is 0.169. The fourth-order valence-electron chi connectivity index (χ4n) is 0.954.